The number of aromatic nitrogens is 1. The van der Waals surface area contributed by atoms with Gasteiger partial charge in [-0.1, -0.05) is 12.1 Å². The molecular formula is C17H21ClN3O4-. The van der Waals surface area contributed by atoms with Crippen LogP contribution in [0.4, 0.5) is 0 Å². The number of aliphatic hydroxyl groups is 1. The number of aromatic hydroxyl groups is 1. The molecule has 0 atom stereocenters. The Balaban J connectivity index is 0.00000225. The molecule has 0 unspecified atom stereocenters. The van der Waals surface area contributed by atoms with Gasteiger partial charge in [-0.2, -0.15) is 0 Å². The predicted octanol–water partition coefficient (Wildman–Crippen LogP) is -3.03. The monoisotopic (exact) mass is 366 g/mol. The Hall–Kier alpha value is -2.09. The Morgan fingerprint density at radius 1 is 1.24 bits per heavy atom. The highest BCUT2D eigenvalue weighted by molar-refractivity contribution is 6.02. The summed E-state index contributed by atoms with van der Waals surface area (Å²) in [5.41, 5.74) is 1.09. The Labute approximate surface area is 151 Å². The quantitative estimate of drug-likeness (QED) is 0.407. The normalized spacial score (nSPS) is 12.7. The van der Waals surface area contributed by atoms with Crippen LogP contribution >= 0.6 is 0 Å². The molecule has 0 radical (unpaired) electrons. The van der Waals surface area contributed by atoms with E-state index in [1.807, 2.05) is 12.1 Å². The summed E-state index contributed by atoms with van der Waals surface area (Å²) in [6, 6.07) is 5.51. The molecule has 1 amide bonds. The highest BCUT2D eigenvalue weighted by Gasteiger charge is 2.24. The first kappa shape index (κ1) is 19.2. The third-order valence-corrected chi connectivity index (χ3v) is 4.27. The molecule has 1 aliphatic heterocycles. The van der Waals surface area contributed by atoms with Gasteiger partial charge >= 0.3 is 0 Å². The van der Waals surface area contributed by atoms with Gasteiger partial charge in [-0.05, 0) is 24.5 Å². The minimum Gasteiger partial charge on any atom is -1.00 e. The molecule has 0 aliphatic carbocycles. The second-order valence-corrected chi connectivity index (χ2v) is 5.83. The number of para-hydroxylation sites is 1. The van der Waals surface area contributed by atoms with Crippen molar-refractivity contribution < 1.29 is 27.4 Å². The van der Waals surface area contributed by atoms with Crippen LogP contribution in [0.15, 0.2) is 23.0 Å². The minimum absolute atomic E-state index is 0. The number of carbonyl (C=O) groups is 1. The van der Waals surface area contributed by atoms with E-state index in [2.05, 4.69) is 10.6 Å². The summed E-state index contributed by atoms with van der Waals surface area (Å²) < 4.78 is 1.59. The maximum absolute atomic E-state index is 12.7. The third-order valence-electron chi connectivity index (χ3n) is 4.27. The van der Waals surface area contributed by atoms with E-state index < -0.39 is 11.5 Å². The number of nitrogens with zero attached hydrogens (tertiary/aromatic N) is 1. The smallest absolute Gasteiger partial charge is 0.267 e. The second-order valence-electron chi connectivity index (χ2n) is 5.83. The predicted molar refractivity (Wildman–Crippen MR) is 90.5 cm³/mol. The molecule has 8 heteroatoms. The van der Waals surface area contributed by atoms with Crippen molar-refractivity contribution in [1.82, 2.24) is 15.2 Å². The molecule has 136 valence electrons. The molecule has 7 nitrogen and oxygen atoms in total. The van der Waals surface area contributed by atoms with E-state index in [4.69, 9.17) is 5.11 Å². The third kappa shape index (κ3) is 3.63. The standard InChI is InChI=1S/C17H21N3O4.ClH/c21-10-8-18-6-7-19-16(23)13-15(22)12-5-1-3-11-4-2-9-20(14(11)12)17(13)24;/h1,3,5,18,21-22H,2,4,6-10H2,(H,19,23);1H/p-1. The van der Waals surface area contributed by atoms with Gasteiger partial charge in [-0.3, -0.25) is 9.59 Å². The van der Waals surface area contributed by atoms with Gasteiger partial charge in [0.15, 0.2) is 0 Å². The topological polar surface area (TPSA) is 104 Å². The SMILES string of the molecule is O=C(NCCNCCO)c1c(O)c2cccc3c2n(c1=O)CCC3.[Cl-]. The van der Waals surface area contributed by atoms with Crippen molar-refractivity contribution in [2.24, 2.45) is 0 Å². The number of aliphatic hydroxyl groups excluding tert-OH is 1. The Morgan fingerprint density at radius 3 is 2.80 bits per heavy atom. The summed E-state index contributed by atoms with van der Waals surface area (Å²) in [5, 5.41) is 25.3. The van der Waals surface area contributed by atoms with Crippen LogP contribution in [-0.2, 0) is 13.0 Å². The molecule has 4 N–H and O–H groups in total. The summed E-state index contributed by atoms with van der Waals surface area (Å²) in [6.45, 7) is 1.78. The zero-order valence-corrected chi connectivity index (χ0v) is 14.5. The molecule has 0 saturated carbocycles. The van der Waals surface area contributed by atoms with Crippen LogP contribution in [0.5, 0.6) is 5.75 Å². The molecule has 1 aromatic carbocycles. The molecule has 0 saturated heterocycles. The summed E-state index contributed by atoms with van der Waals surface area (Å²) >= 11 is 0. The second kappa shape index (κ2) is 8.33. The van der Waals surface area contributed by atoms with Crippen LogP contribution in [0, 0.1) is 0 Å². The van der Waals surface area contributed by atoms with Gasteiger partial charge in [0.25, 0.3) is 11.5 Å². The van der Waals surface area contributed by atoms with E-state index in [1.54, 1.807) is 10.6 Å². The van der Waals surface area contributed by atoms with Crippen molar-refractivity contribution >= 4 is 16.8 Å². The molecule has 2 aromatic rings. The van der Waals surface area contributed by atoms with Crippen LogP contribution in [0.3, 0.4) is 0 Å². The molecule has 1 aromatic heterocycles. The number of halogens is 1. The highest BCUT2D eigenvalue weighted by atomic mass is 35.5. The van der Waals surface area contributed by atoms with Crippen LogP contribution in [0.1, 0.15) is 22.3 Å². The largest absolute Gasteiger partial charge is 1.00 e. The average Bonchev–Trinajstić information content (AvgIpc) is 2.59. The maximum Gasteiger partial charge on any atom is 0.267 e. The average molecular weight is 367 g/mol. The number of benzene rings is 1. The number of hydrogen-bond donors (Lipinski definition) is 4. The maximum atomic E-state index is 12.7. The first-order chi connectivity index (χ1) is 11.6. The van der Waals surface area contributed by atoms with Gasteiger partial charge < -0.3 is 37.8 Å². The van der Waals surface area contributed by atoms with Gasteiger partial charge in [-0.15, -0.1) is 0 Å². The van der Waals surface area contributed by atoms with Crippen LogP contribution in [-0.4, -0.2) is 46.9 Å². The van der Waals surface area contributed by atoms with E-state index in [0.717, 1.165) is 23.9 Å². The summed E-state index contributed by atoms with van der Waals surface area (Å²) in [5.74, 6) is -0.833. The molecule has 0 spiro atoms. The van der Waals surface area contributed by atoms with E-state index in [9.17, 15) is 14.7 Å². The van der Waals surface area contributed by atoms with Crippen LogP contribution < -0.4 is 28.6 Å². The van der Waals surface area contributed by atoms with E-state index in [-0.39, 0.29) is 30.3 Å². The summed E-state index contributed by atoms with van der Waals surface area (Å²) in [7, 11) is 0. The van der Waals surface area contributed by atoms with Crippen molar-refractivity contribution in [3.05, 3.63) is 39.7 Å². The van der Waals surface area contributed by atoms with Gasteiger partial charge in [0.2, 0.25) is 0 Å². The number of hydrogen-bond acceptors (Lipinski definition) is 5. The minimum atomic E-state index is -0.579. The summed E-state index contributed by atoms with van der Waals surface area (Å²) in [6.07, 6.45) is 1.70. The first-order valence-electron chi connectivity index (χ1n) is 8.12. The van der Waals surface area contributed by atoms with Crippen LogP contribution in [0.2, 0.25) is 0 Å². The molecule has 2 heterocycles. The number of aryl methyl sites for hydroxylation is 2. The van der Waals surface area contributed by atoms with Gasteiger partial charge in [-0.25, -0.2) is 0 Å². The zero-order chi connectivity index (χ0) is 17.1. The zero-order valence-electron chi connectivity index (χ0n) is 13.7. The van der Waals surface area contributed by atoms with Gasteiger partial charge in [0, 0.05) is 31.6 Å². The lowest BCUT2D eigenvalue weighted by Crippen LogP contribution is -3.00. The fourth-order valence-electron chi connectivity index (χ4n) is 3.18. The van der Waals surface area contributed by atoms with E-state index >= 15 is 0 Å². The van der Waals surface area contributed by atoms with Crippen molar-refractivity contribution in [3.63, 3.8) is 0 Å². The lowest BCUT2D eigenvalue weighted by atomic mass is 9.99. The molecule has 1 aliphatic rings. The Morgan fingerprint density at radius 2 is 2.04 bits per heavy atom. The Kier molecular flexibility index (Phi) is 6.41. The lowest BCUT2D eigenvalue weighted by molar-refractivity contribution is -0.0000157. The number of carbonyl (C=O) groups excluding carboxylic acids is 1. The Bertz CT molecular complexity index is 835. The number of amides is 1. The van der Waals surface area contributed by atoms with Crippen LogP contribution in [0.25, 0.3) is 10.9 Å². The molecule has 3 rings (SSSR count). The molecule has 0 bridgehead atoms. The molecule has 0 fully saturated rings. The van der Waals surface area contributed by atoms with Crippen molar-refractivity contribution in [2.45, 2.75) is 19.4 Å². The van der Waals surface area contributed by atoms with Crippen molar-refractivity contribution in [1.29, 1.82) is 0 Å². The first-order valence-corrected chi connectivity index (χ1v) is 8.12. The fourth-order valence-corrected chi connectivity index (χ4v) is 3.18. The molecular weight excluding hydrogens is 346 g/mol. The van der Waals surface area contributed by atoms with E-state index in [1.165, 1.54) is 0 Å². The molecule has 25 heavy (non-hydrogen) atoms. The summed E-state index contributed by atoms with van der Waals surface area (Å²) in [4.78, 5) is 25.1. The number of rotatable bonds is 6. The van der Waals surface area contributed by atoms with E-state index in [0.29, 0.717) is 31.6 Å². The number of nitrogens with one attached hydrogen (secondary N) is 2. The lowest BCUT2D eigenvalue weighted by Gasteiger charge is -2.21. The highest BCUT2D eigenvalue weighted by Crippen LogP contribution is 2.31. The van der Waals surface area contributed by atoms with Gasteiger partial charge in [0.1, 0.15) is 11.3 Å². The van der Waals surface area contributed by atoms with Crippen molar-refractivity contribution in [2.75, 3.05) is 26.2 Å². The van der Waals surface area contributed by atoms with Crippen molar-refractivity contribution in [3.8, 4) is 5.75 Å². The number of pyridine rings is 1. The fraction of sp³-hybridized carbons (Fsp3) is 0.412. The van der Waals surface area contributed by atoms with Gasteiger partial charge in [0.05, 0.1) is 12.1 Å².